The smallest absolute Gasteiger partial charge is 0.220 e. The van der Waals surface area contributed by atoms with E-state index in [-0.39, 0.29) is 18.9 Å². The second-order valence-corrected chi connectivity index (χ2v) is 31.0. The lowest BCUT2D eigenvalue weighted by Gasteiger charge is -2.48. The average molecular weight is 1450 g/mol. The van der Waals surface area contributed by atoms with Gasteiger partial charge in [-0.3, -0.25) is 4.79 Å². The van der Waals surface area contributed by atoms with Crippen molar-refractivity contribution in [1.29, 1.82) is 0 Å². The minimum absolute atomic E-state index is 0.232. The molecule has 0 saturated carbocycles. The molecule has 3 aliphatic heterocycles. The molecule has 3 heterocycles. The second-order valence-electron chi connectivity index (χ2n) is 31.0. The molecular weight excluding hydrogens is 1290 g/mol. The predicted molar refractivity (Wildman–Crippen MR) is 402 cm³/mol. The standard InChI is InChI=1S/C82H159NO18/c1-3-5-7-9-11-13-15-17-19-21-23-25-27-29-31-32-34-36-38-40-42-44-46-48-50-52-54-56-58-60-70(88)83-65(66(87)59-57-55-53-51-49-47-45-43-41-39-37-35-33-30-28-26-24-22-20-18-16-14-12-10-8-6-4-2)64-96-80-76(94)73(91)78(68(62-85)98-80)101-82-77(95)74(92)79(69(63-86)99-82)100-81-75(93)72(90)71(89)67(61-84)97-81/h65-69,71-82,84-87,89-95H,3-64H2,1-2H3,(H,83,88). The van der Waals surface area contributed by atoms with Gasteiger partial charge in [0.25, 0.3) is 0 Å². The number of hydrogen-bond donors (Lipinski definition) is 12. The van der Waals surface area contributed by atoms with E-state index in [1.165, 1.54) is 308 Å². The molecule has 3 aliphatic rings. The Morgan fingerprint density at radius 1 is 0.317 bits per heavy atom. The molecule has 1 amide bonds. The number of hydrogen-bond acceptors (Lipinski definition) is 18. The number of rotatable bonds is 70. The third-order valence-corrected chi connectivity index (χ3v) is 21.9. The van der Waals surface area contributed by atoms with Crippen LogP contribution in [0.1, 0.15) is 386 Å². The first kappa shape index (κ1) is 94.0. The summed E-state index contributed by atoms with van der Waals surface area (Å²) in [5.41, 5.74) is 0. The van der Waals surface area contributed by atoms with Crippen molar-refractivity contribution in [2.24, 2.45) is 0 Å². The number of nitrogens with one attached hydrogen (secondary N) is 1. The van der Waals surface area contributed by atoms with Gasteiger partial charge in [-0.25, -0.2) is 0 Å². The summed E-state index contributed by atoms with van der Waals surface area (Å²) in [5.74, 6) is -0.232. The first-order valence-corrected chi connectivity index (χ1v) is 42.8. The number of aliphatic hydroxyl groups is 11. The maximum atomic E-state index is 13.5. The molecule has 0 aromatic heterocycles. The Kier molecular flexibility index (Phi) is 59.3. The van der Waals surface area contributed by atoms with Crippen LogP contribution in [0.25, 0.3) is 0 Å². The van der Waals surface area contributed by atoms with E-state index < -0.39 is 124 Å². The van der Waals surface area contributed by atoms with Crippen LogP contribution in [0, 0.1) is 0 Å². The lowest BCUT2D eigenvalue weighted by Crippen LogP contribution is -2.66. The number of amides is 1. The maximum absolute atomic E-state index is 13.5. The minimum Gasteiger partial charge on any atom is -0.394 e. The summed E-state index contributed by atoms with van der Waals surface area (Å²) in [7, 11) is 0. The van der Waals surface area contributed by atoms with Crippen LogP contribution in [-0.2, 0) is 33.2 Å². The Morgan fingerprint density at radius 2 is 0.564 bits per heavy atom. The molecule has 17 unspecified atom stereocenters. The van der Waals surface area contributed by atoms with Crippen LogP contribution in [0.2, 0.25) is 0 Å². The van der Waals surface area contributed by atoms with Gasteiger partial charge in [0.2, 0.25) is 5.91 Å². The van der Waals surface area contributed by atoms with Crippen molar-refractivity contribution >= 4 is 5.91 Å². The first-order valence-electron chi connectivity index (χ1n) is 42.8. The minimum atomic E-state index is -1.97. The van der Waals surface area contributed by atoms with E-state index in [1.807, 2.05) is 0 Å². The van der Waals surface area contributed by atoms with E-state index in [0.29, 0.717) is 12.8 Å². The molecule has 19 heteroatoms. The van der Waals surface area contributed by atoms with Crippen molar-refractivity contribution in [3.63, 3.8) is 0 Å². The van der Waals surface area contributed by atoms with Crippen LogP contribution < -0.4 is 5.32 Å². The molecule has 3 rings (SSSR count). The molecule has 0 aromatic carbocycles. The second kappa shape index (κ2) is 63.7. The van der Waals surface area contributed by atoms with Crippen molar-refractivity contribution in [3.8, 4) is 0 Å². The van der Waals surface area contributed by atoms with Gasteiger partial charge in [-0.05, 0) is 12.8 Å². The van der Waals surface area contributed by atoms with Gasteiger partial charge in [0.1, 0.15) is 73.2 Å². The van der Waals surface area contributed by atoms with E-state index in [9.17, 15) is 61.0 Å². The van der Waals surface area contributed by atoms with Crippen LogP contribution in [0.3, 0.4) is 0 Å². The fourth-order valence-corrected chi connectivity index (χ4v) is 15.1. The highest BCUT2D eigenvalue weighted by Crippen LogP contribution is 2.34. The van der Waals surface area contributed by atoms with E-state index in [0.717, 1.165) is 44.9 Å². The highest BCUT2D eigenvalue weighted by atomic mass is 16.8. The zero-order valence-electron chi connectivity index (χ0n) is 64.4. The molecule has 0 aromatic rings. The summed E-state index contributed by atoms with van der Waals surface area (Å²) in [6.07, 6.45) is 47.7. The van der Waals surface area contributed by atoms with Gasteiger partial charge in [-0.1, -0.05) is 367 Å². The molecule has 3 fully saturated rings. The Morgan fingerprint density at radius 3 is 0.861 bits per heavy atom. The molecule has 101 heavy (non-hydrogen) atoms. The van der Waals surface area contributed by atoms with Crippen LogP contribution in [-0.4, -0.2) is 193 Å². The lowest BCUT2D eigenvalue weighted by molar-refractivity contribution is -0.379. The van der Waals surface area contributed by atoms with E-state index in [2.05, 4.69) is 19.2 Å². The van der Waals surface area contributed by atoms with Gasteiger partial charge < -0.3 is 89.9 Å². The number of carbonyl (C=O) groups excluding carboxylic acids is 1. The van der Waals surface area contributed by atoms with Crippen LogP contribution in [0.4, 0.5) is 0 Å². The average Bonchev–Trinajstić information content (AvgIpc) is 0.796. The van der Waals surface area contributed by atoms with Gasteiger partial charge >= 0.3 is 0 Å². The monoisotopic (exact) mass is 1450 g/mol. The highest BCUT2D eigenvalue weighted by molar-refractivity contribution is 5.76. The number of unbranched alkanes of at least 4 members (excludes halogenated alkanes) is 54. The van der Waals surface area contributed by atoms with E-state index in [4.69, 9.17) is 28.4 Å². The summed E-state index contributed by atoms with van der Waals surface area (Å²) in [4.78, 5) is 13.5. The molecule has 19 nitrogen and oxygen atoms in total. The summed E-state index contributed by atoms with van der Waals surface area (Å²) < 4.78 is 34.6. The van der Waals surface area contributed by atoms with Crippen molar-refractivity contribution in [2.75, 3.05) is 26.4 Å². The van der Waals surface area contributed by atoms with Gasteiger partial charge in [-0.15, -0.1) is 0 Å². The fraction of sp³-hybridized carbons (Fsp3) is 0.988. The lowest BCUT2D eigenvalue weighted by atomic mass is 9.96. The quantitative estimate of drug-likeness (QED) is 0.0252. The van der Waals surface area contributed by atoms with Crippen molar-refractivity contribution < 1.29 is 89.4 Å². The predicted octanol–water partition coefficient (Wildman–Crippen LogP) is 15.0. The van der Waals surface area contributed by atoms with Crippen LogP contribution in [0.5, 0.6) is 0 Å². The summed E-state index contributed by atoms with van der Waals surface area (Å²) in [6.45, 7) is 1.89. The Bertz CT molecular complexity index is 1820. The molecular formula is C82H159NO18. The molecule has 0 radical (unpaired) electrons. The SMILES string of the molecule is CCCCCCCCCCCCCCCCCCCCCCCCCCCCCCCC(=O)NC(COC1OC(CO)C(OC2OC(CO)C(OC3OC(CO)C(O)C(O)C3O)C(O)C2O)C(O)C1O)C(O)CCCCCCCCCCCCCCCCCCCCCCCCCCCCC. The summed E-state index contributed by atoms with van der Waals surface area (Å²) in [6, 6.07) is -0.884. The topological polar surface area (TPSA) is 307 Å². The maximum Gasteiger partial charge on any atom is 0.220 e. The van der Waals surface area contributed by atoms with Crippen molar-refractivity contribution in [1.82, 2.24) is 5.32 Å². The third kappa shape index (κ3) is 43.5. The Balaban J connectivity index is 1.34. The van der Waals surface area contributed by atoms with Crippen LogP contribution in [0.15, 0.2) is 0 Å². The molecule has 0 spiro atoms. The number of carbonyl (C=O) groups is 1. The molecule has 0 bridgehead atoms. The van der Waals surface area contributed by atoms with E-state index >= 15 is 0 Å². The Hall–Kier alpha value is -1.21. The molecule has 0 aliphatic carbocycles. The number of aliphatic hydroxyl groups excluding tert-OH is 11. The summed E-state index contributed by atoms with van der Waals surface area (Å²) >= 11 is 0. The van der Waals surface area contributed by atoms with Crippen molar-refractivity contribution in [3.05, 3.63) is 0 Å². The van der Waals surface area contributed by atoms with Gasteiger partial charge in [-0.2, -0.15) is 0 Å². The summed E-state index contributed by atoms with van der Waals surface area (Å²) in [5, 5.41) is 121. The zero-order chi connectivity index (χ0) is 73.2. The fourth-order valence-electron chi connectivity index (χ4n) is 15.1. The number of ether oxygens (including phenoxy) is 6. The molecule has 12 N–H and O–H groups in total. The van der Waals surface area contributed by atoms with Gasteiger partial charge in [0.05, 0.1) is 38.6 Å². The molecule has 600 valence electrons. The molecule has 17 atom stereocenters. The normalized spacial score (nSPS) is 26.2. The highest BCUT2D eigenvalue weighted by Gasteiger charge is 2.54. The van der Waals surface area contributed by atoms with Crippen molar-refractivity contribution in [2.45, 2.75) is 491 Å². The van der Waals surface area contributed by atoms with E-state index in [1.54, 1.807) is 0 Å². The first-order chi connectivity index (χ1) is 49.3. The van der Waals surface area contributed by atoms with Gasteiger partial charge in [0.15, 0.2) is 18.9 Å². The van der Waals surface area contributed by atoms with Crippen LogP contribution >= 0.6 is 0 Å². The Labute approximate surface area is 614 Å². The largest absolute Gasteiger partial charge is 0.394 e. The zero-order valence-corrected chi connectivity index (χ0v) is 64.4. The van der Waals surface area contributed by atoms with Gasteiger partial charge in [0, 0.05) is 6.42 Å². The molecule has 3 saturated heterocycles. The third-order valence-electron chi connectivity index (χ3n) is 21.9.